The van der Waals surface area contributed by atoms with Crippen LogP contribution in [0.1, 0.15) is 11.1 Å². The molecule has 0 aliphatic heterocycles. The third kappa shape index (κ3) is 4.56. The molecule has 0 atom stereocenters. The maximum Gasteiger partial charge on any atom is 0.241 e. The lowest BCUT2D eigenvalue weighted by atomic mass is 10.1. The van der Waals surface area contributed by atoms with Crippen LogP contribution in [0, 0.1) is 13.8 Å². The van der Waals surface area contributed by atoms with Crippen molar-refractivity contribution in [2.45, 2.75) is 18.7 Å². The van der Waals surface area contributed by atoms with Crippen molar-refractivity contribution >= 4 is 21.6 Å². The Morgan fingerprint density at radius 3 is 2.33 bits per heavy atom. The first-order chi connectivity index (χ1) is 11.3. The highest BCUT2D eigenvalue weighted by Gasteiger charge is 2.16. The number of anilines is 1. The van der Waals surface area contributed by atoms with Gasteiger partial charge in [0.2, 0.25) is 15.9 Å². The average molecular weight is 348 g/mol. The van der Waals surface area contributed by atoms with Gasteiger partial charge in [-0.1, -0.05) is 17.7 Å². The molecule has 0 aliphatic rings. The van der Waals surface area contributed by atoms with Crippen molar-refractivity contribution in [1.82, 2.24) is 4.72 Å². The fraction of sp³-hybridized carbons (Fsp3) is 0.235. The highest BCUT2D eigenvalue weighted by Crippen LogP contribution is 2.16. The lowest BCUT2D eigenvalue weighted by Crippen LogP contribution is -2.33. The molecule has 0 radical (unpaired) electrons. The minimum Gasteiger partial charge on any atom is -0.497 e. The summed E-state index contributed by atoms with van der Waals surface area (Å²) in [5.74, 6) is 0.126. The van der Waals surface area contributed by atoms with E-state index in [1.54, 1.807) is 18.2 Å². The summed E-state index contributed by atoms with van der Waals surface area (Å²) in [6.07, 6.45) is 0. The number of carbonyl (C=O) groups is 1. The summed E-state index contributed by atoms with van der Waals surface area (Å²) >= 11 is 0. The Kier molecular flexibility index (Phi) is 5.58. The number of nitrogens with one attached hydrogen (secondary N) is 2. The van der Waals surface area contributed by atoms with Gasteiger partial charge in [0.25, 0.3) is 0 Å². The van der Waals surface area contributed by atoms with Crippen LogP contribution < -0.4 is 14.8 Å². The summed E-state index contributed by atoms with van der Waals surface area (Å²) < 4.78 is 31.6. The first-order valence-electron chi connectivity index (χ1n) is 7.32. The first-order valence-corrected chi connectivity index (χ1v) is 8.81. The Labute approximate surface area is 141 Å². The van der Waals surface area contributed by atoms with Gasteiger partial charge in [0.1, 0.15) is 5.75 Å². The molecule has 7 heteroatoms. The fourth-order valence-electron chi connectivity index (χ4n) is 2.15. The number of hydrogen-bond donors (Lipinski definition) is 2. The Balaban J connectivity index is 1.99. The molecule has 0 unspecified atom stereocenters. The molecule has 0 aromatic heterocycles. The van der Waals surface area contributed by atoms with E-state index in [0.717, 1.165) is 11.1 Å². The van der Waals surface area contributed by atoms with E-state index in [1.807, 2.05) is 26.0 Å². The first kappa shape index (κ1) is 18.0. The van der Waals surface area contributed by atoms with Gasteiger partial charge in [0.15, 0.2) is 0 Å². The van der Waals surface area contributed by atoms with Gasteiger partial charge in [-0.05, 0) is 49.7 Å². The maximum absolute atomic E-state index is 12.2. The molecule has 0 spiro atoms. The van der Waals surface area contributed by atoms with E-state index in [0.29, 0.717) is 11.4 Å². The van der Waals surface area contributed by atoms with Gasteiger partial charge in [-0.25, -0.2) is 13.1 Å². The van der Waals surface area contributed by atoms with Crippen LogP contribution in [0.2, 0.25) is 0 Å². The predicted molar refractivity (Wildman–Crippen MR) is 92.7 cm³/mol. The molecule has 0 saturated heterocycles. The van der Waals surface area contributed by atoms with Gasteiger partial charge in [-0.2, -0.15) is 0 Å². The zero-order valence-electron chi connectivity index (χ0n) is 13.8. The van der Waals surface area contributed by atoms with Crippen LogP contribution in [0.25, 0.3) is 0 Å². The van der Waals surface area contributed by atoms with E-state index in [1.165, 1.54) is 19.2 Å². The summed E-state index contributed by atoms with van der Waals surface area (Å²) in [5, 5.41) is 2.69. The molecule has 0 saturated carbocycles. The number of carbonyl (C=O) groups excluding carboxylic acids is 1. The van der Waals surface area contributed by atoms with E-state index in [9.17, 15) is 13.2 Å². The molecule has 0 fully saturated rings. The lowest BCUT2D eigenvalue weighted by Gasteiger charge is -2.10. The van der Waals surface area contributed by atoms with Crippen molar-refractivity contribution in [1.29, 1.82) is 0 Å². The van der Waals surface area contributed by atoms with Crippen LogP contribution in [0.3, 0.4) is 0 Å². The van der Waals surface area contributed by atoms with Crippen molar-refractivity contribution in [2.24, 2.45) is 0 Å². The lowest BCUT2D eigenvalue weighted by molar-refractivity contribution is -0.115. The molecule has 1 amide bonds. The van der Waals surface area contributed by atoms with Gasteiger partial charge in [0, 0.05) is 5.69 Å². The Hall–Kier alpha value is -2.38. The quantitative estimate of drug-likeness (QED) is 0.838. The maximum atomic E-state index is 12.2. The smallest absolute Gasteiger partial charge is 0.241 e. The molecule has 24 heavy (non-hydrogen) atoms. The molecule has 0 aliphatic carbocycles. The Morgan fingerprint density at radius 1 is 1.08 bits per heavy atom. The molecule has 6 nitrogen and oxygen atoms in total. The second-order valence-electron chi connectivity index (χ2n) is 5.37. The minimum absolute atomic E-state index is 0.0719. The van der Waals surface area contributed by atoms with Crippen molar-refractivity contribution in [2.75, 3.05) is 19.0 Å². The number of amides is 1. The topological polar surface area (TPSA) is 84.5 Å². The monoisotopic (exact) mass is 348 g/mol. The highest BCUT2D eigenvalue weighted by atomic mass is 32.2. The number of hydrogen-bond acceptors (Lipinski definition) is 4. The number of aryl methyl sites for hydroxylation is 2. The third-order valence-corrected chi connectivity index (χ3v) is 4.87. The molecule has 128 valence electrons. The zero-order chi connectivity index (χ0) is 17.7. The van der Waals surface area contributed by atoms with Gasteiger partial charge < -0.3 is 10.1 Å². The van der Waals surface area contributed by atoms with Crippen LogP contribution in [0.5, 0.6) is 5.75 Å². The molecular weight excluding hydrogens is 328 g/mol. The van der Waals surface area contributed by atoms with Crippen LogP contribution in [-0.4, -0.2) is 28.0 Å². The van der Waals surface area contributed by atoms with Crippen LogP contribution in [0.4, 0.5) is 5.69 Å². The number of benzene rings is 2. The molecule has 0 bridgehead atoms. The van der Waals surface area contributed by atoms with Crippen LogP contribution >= 0.6 is 0 Å². The minimum atomic E-state index is -3.76. The zero-order valence-corrected chi connectivity index (χ0v) is 14.6. The number of sulfonamides is 1. The summed E-state index contributed by atoms with van der Waals surface area (Å²) in [5.41, 5.74) is 2.67. The number of rotatable bonds is 6. The van der Waals surface area contributed by atoms with E-state index in [-0.39, 0.29) is 11.4 Å². The number of methoxy groups -OCH3 is 1. The third-order valence-electron chi connectivity index (χ3n) is 3.45. The summed E-state index contributed by atoms with van der Waals surface area (Å²) in [6.45, 7) is 3.49. The van der Waals surface area contributed by atoms with E-state index < -0.39 is 15.9 Å². The van der Waals surface area contributed by atoms with Crippen molar-refractivity contribution < 1.29 is 17.9 Å². The Bertz CT molecular complexity index is 830. The Morgan fingerprint density at radius 2 is 1.75 bits per heavy atom. The molecule has 0 heterocycles. The molecule has 2 rings (SSSR count). The molecule has 2 N–H and O–H groups in total. The van der Waals surface area contributed by atoms with E-state index >= 15 is 0 Å². The molecule has 2 aromatic rings. The van der Waals surface area contributed by atoms with Crippen LogP contribution in [0.15, 0.2) is 47.4 Å². The highest BCUT2D eigenvalue weighted by molar-refractivity contribution is 7.89. The van der Waals surface area contributed by atoms with Crippen LogP contribution in [-0.2, 0) is 14.8 Å². The largest absolute Gasteiger partial charge is 0.497 e. The summed E-state index contributed by atoms with van der Waals surface area (Å²) in [7, 11) is -2.26. The molecular formula is C17H20N2O4S. The van der Waals surface area contributed by atoms with Gasteiger partial charge in [0.05, 0.1) is 18.6 Å². The normalized spacial score (nSPS) is 11.1. The van der Waals surface area contributed by atoms with Crippen molar-refractivity contribution in [3.8, 4) is 5.75 Å². The number of ether oxygens (including phenoxy) is 1. The fourth-order valence-corrected chi connectivity index (χ4v) is 3.13. The van der Waals surface area contributed by atoms with E-state index in [4.69, 9.17) is 4.74 Å². The second-order valence-corrected chi connectivity index (χ2v) is 7.13. The van der Waals surface area contributed by atoms with Gasteiger partial charge in [-0.3, -0.25) is 4.79 Å². The van der Waals surface area contributed by atoms with Gasteiger partial charge >= 0.3 is 0 Å². The predicted octanol–water partition coefficient (Wildman–Crippen LogP) is 2.23. The van der Waals surface area contributed by atoms with Crippen molar-refractivity contribution in [3.05, 3.63) is 53.6 Å². The second kappa shape index (κ2) is 7.46. The standard InChI is InChI=1S/C17H20N2O4S/c1-12-4-9-16(13(2)10-12)19-17(20)11-18-24(21,22)15-7-5-14(23-3)6-8-15/h4-10,18H,11H2,1-3H3,(H,19,20). The molecule has 2 aromatic carbocycles. The summed E-state index contributed by atoms with van der Waals surface area (Å²) in [6, 6.07) is 11.5. The SMILES string of the molecule is COc1ccc(S(=O)(=O)NCC(=O)Nc2ccc(C)cc2C)cc1. The van der Waals surface area contributed by atoms with Gasteiger partial charge in [-0.15, -0.1) is 0 Å². The average Bonchev–Trinajstić information content (AvgIpc) is 2.56. The summed E-state index contributed by atoms with van der Waals surface area (Å²) in [4.78, 5) is 12.0. The van der Waals surface area contributed by atoms with E-state index in [2.05, 4.69) is 10.0 Å². The van der Waals surface area contributed by atoms with Crippen molar-refractivity contribution in [3.63, 3.8) is 0 Å².